The largest absolute Gasteiger partial charge is 0.473 e. The number of halogens is 1. The number of nitrogens with zero attached hydrogens (tertiary/aromatic N) is 1. The molecule has 0 spiro atoms. The van der Waals surface area contributed by atoms with Crippen LogP contribution in [0.5, 0.6) is 5.88 Å². The molecule has 0 bridgehead atoms. The quantitative estimate of drug-likeness (QED) is 0.911. The summed E-state index contributed by atoms with van der Waals surface area (Å²) in [6, 6.07) is 11.1. The molecule has 3 nitrogen and oxygen atoms in total. The van der Waals surface area contributed by atoms with Crippen molar-refractivity contribution in [3.63, 3.8) is 0 Å². The average molecular weight is 278 g/mol. The maximum atomic E-state index is 9.20. The Labute approximate surface area is 117 Å². The van der Waals surface area contributed by atoms with E-state index in [4.69, 9.17) is 16.3 Å². The van der Waals surface area contributed by atoms with E-state index in [9.17, 15) is 5.11 Å². The van der Waals surface area contributed by atoms with Crippen LogP contribution < -0.4 is 4.74 Å². The van der Waals surface area contributed by atoms with E-state index in [-0.39, 0.29) is 6.61 Å². The van der Waals surface area contributed by atoms with Crippen molar-refractivity contribution in [2.75, 3.05) is 0 Å². The second-order valence-electron chi connectivity index (χ2n) is 4.23. The van der Waals surface area contributed by atoms with Crippen LogP contribution in [-0.2, 0) is 19.6 Å². The Morgan fingerprint density at radius 3 is 2.53 bits per heavy atom. The molecule has 0 fully saturated rings. The van der Waals surface area contributed by atoms with Gasteiger partial charge in [0.2, 0.25) is 5.88 Å². The number of benzene rings is 1. The molecule has 2 rings (SSSR count). The fourth-order valence-corrected chi connectivity index (χ4v) is 1.83. The lowest BCUT2D eigenvalue weighted by atomic mass is 10.2. The highest BCUT2D eigenvalue weighted by Gasteiger charge is 2.03. The maximum Gasteiger partial charge on any atom is 0.214 e. The molecule has 4 heteroatoms. The van der Waals surface area contributed by atoms with E-state index in [2.05, 4.69) is 4.98 Å². The van der Waals surface area contributed by atoms with Gasteiger partial charge in [0.15, 0.2) is 0 Å². The van der Waals surface area contributed by atoms with Crippen LogP contribution >= 0.6 is 11.6 Å². The molecule has 19 heavy (non-hydrogen) atoms. The smallest absolute Gasteiger partial charge is 0.214 e. The zero-order valence-electron chi connectivity index (χ0n) is 10.8. The molecular weight excluding hydrogens is 262 g/mol. The van der Waals surface area contributed by atoms with Crippen molar-refractivity contribution in [2.45, 2.75) is 26.6 Å². The summed E-state index contributed by atoms with van der Waals surface area (Å²) in [7, 11) is 0. The van der Waals surface area contributed by atoms with E-state index in [1.165, 1.54) is 0 Å². The first kappa shape index (κ1) is 13.8. The SMILES string of the molecule is CCc1cc(CO)cc(OCc2ccc(Cl)cc2)n1. The number of aliphatic hydroxyl groups is 1. The Bertz CT molecular complexity index is 518. The molecule has 0 aliphatic carbocycles. The highest BCUT2D eigenvalue weighted by molar-refractivity contribution is 6.30. The molecule has 2 aromatic rings. The monoisotopic (exact) mass is 277 g/mol. The minimum absolute atomic E-state index is 0.00712. The third-order valence-electron chi connectivity index (χ3n) is 2.76. The van der Waals surface area contributed by atoms with Crippen LogP contribution in [0.25, 0.3) is 0 Å². The van der Waals surface area contributed by atoms with Crippen molar-refractivity contribution in [3.8, 4) is 5.88 Å². The number of aliphatic hydroxyl groups excluding tert-OH is 1. The van der Waals surface area contributed by atoms with Gasteiger partial charge in [-0.3, -0.25) is 0 Å². The summed E-state index contributed by atoms with van der Waals surface area (Å²) in [6.45, 7) is 2.45. The van der Waals surface area contributed by atoms with Gasteiger partial charge in [0.25, 0.3) is 0 Å². The first-order chi connectivity index (χ1) is 9.21. The number of aromatic nitrogens is 1. The Kier molecular flexibility index (Phi) is 4.77. The molecule has 0 aliphatic heterocycles. The topological polar surface area (TPSA) is 42.4 Å². The molecule has 0 unspecified atom stereocenters. The molecule has 1 aromatic carbocycles. The van der Waals surface area contributed by atoms with Crippen LogP contribution in [-0.4, -0.2) is 10.1 Å². The average Bonchev–Trinajstić information content (AvgIpc) is 2.46. The Hall–Kier alpha value is -1.58. The van der Waals surface area contributed by atoms with Crippen molar-refractivity contribution in [1.82, 2.24) is 4.98 Å². The van der Waals surface area contributed by atoms with Gasteiger partial charge in [-0.05, 0) is 35.7 Å². The van der Waals surface area contributed by atoms with Crippen molar-refractivity contribution in [3.05, 3.63) is 58.2 Å². The number of aryl methyl sites for hydroxylation is 1. The number of rotatable bonds is 5. The molecule has 100 valence electrons. The molecule has 1 aromatic heterocycles. The first-order valence-corrected chi connectivity index (χ1v) is 6.57. The van der Waals surface area contributed by atoms with Crippen LogP contribution in [0.3, 0.4) is 0 Å². The van der Waals surface area contributed by atoms with Crippen molar-refractivity contribution in [2.24, 2.45) is 0 Å². The van der Waals surface area contributed by atoms with E-state index in [0.717, 1.165) is 23.2 Å². The Balaban J connectivity index is 2.08. The van der Waals surface area contributed by atoms with E-state index < -0.39 is 0 Å². The van der Waals surface area contributed by atoms with Gasteiger partial charge in [-0.1, -0.05) is 30.7 Å². The maximum absolute atomic E-state index is 9.20. The summed E-state index contributed by atoms with van der Waals surface area (Å²) >= 11 is 5.83. The number of hydrogen-bond donors (Lipinski definition) is 1. The van der Waals surface area contributed by atoms with Crippen LogP contribution in [0.2, 0.25) is 5.02 Å². The predicted molar refractivity (Wildman–Crippen MR) is 75.3 cm³/mol. The molecule has 0 radical (unpaired) electrons. The fraction of sp³-hybridized carbons (Fsp3) is 0.267. The second-order valence-corrected chi connectivity index (χ2v) is 4.67. The minimum Gasteiger partial charge on any atom is -0.473 e. The van der Waals surface area contributed by atoms with Crippen LogP contribution in [0.1, 0.15) is 23.7 Å². The molecule has 0 aliphatic rings. The normalized spacial score (nSPS) is 10.5. The van der Waals surface area contributed by atoms with E-state index in [0.29, 0.717) is 17.5 Å². The Morgan fingerprint density at radius 1 is 1.16 bits per heavy atom. The highest BCUT2D eigenvalue weighted by Crippen LogP contribution is 2.16. The lowest BCUT2D eigenvalue weighted by Gasteiger charge is -2.08. The lowest BCUT2D eigenvalue weighted by Crippen LogP contribution is -2.00. The zero-order chi connectivity index (χ0) is 13.7. The second kappa shape index (κ2) is 6.55. The number of hydrogen-bond acceptors (Lipinski definition) is 3. The minimum atomic E-state index is -0.00712. The van der Waals surface area contributed by atoms with Gasteiger partial charge < -0.3 is 9.84 Å². The van der Waals surface area contributed by atoms with Gasteiger partial charge in [-0.2, -0.15) is 0 Å². The predicted octanol–water partition coefficient (Wildman–Crippen LogP) is 3.37. The lowest BCUT2D eigenvalue weighted by molar-refractivity contribution is 0.274. The van der Waals surface area contributed by atoms with E-state index >= 15 is 0 Å². The van der Waals surface area contributed by atoms with Gasteiger partial charge >= 0.3 is 0 Å². The summed E-state index contributed by atoms with van der Waals surface area (Å²) in [5.74, 6) is 0.540. The number of ether oxygens (including phenoxy) is 1. The summed E-state index contributed by atoms with van der Waals surface area (Å²) in [5.41, 5.74) is 2.76. The van der Waals surface area contributed by atoms with Gasteiger partial charge in [-0.25, -0.2) is 4.98 Å². The summed E-state index contributed by atoms with van der Waals surface area (Å²) in [5, 5.41) is 9.91. The van der Waals surface area contributed by atoms with Gasteiger partial charge in [-0.15, -0.1) is 0 Å². The summed E-state index contributed by atoms with van der Waals surface area (Å²) < 4.78 is 5.65. The first-order valence-electron chi connectivity index (χ1n) is 6.19. The molecule has 1 N–H and O–H groups in total. The van der Waals surface area contributed by atoms with E-state index in [1.807, 2.05) is 37.3 Å². The molecule has 0 atom stereocenters. The standard InChI is InChI=1S/C15H16ClNO2/c1-2-14-7-12(9-18)8-15(17-14)19-10-11-3-5-13(16)6-4-11/h3-8,18H,2,9-10H2,1H3. The third kappa shape index (κ3) is 3.94. The molecular formula is C15H16ClNO2. The molecule has 0 saturated carbocycles. The van der Waals surface area contributed by atoms with Crippen LogP contribution in [0.15, 0.2) is 36.4 Å². The van der Waals surface area contributed by atoms with Gasteiger partial charge in [0, 0.05) is 16.8 Å². The van der Waals surface area contributed by atoms with Crippen LogP contribution in [0.4, 0.5) is 0 Å². The fourth-order valence-electron chi connectivity index (χ4n) is 1.70. The van der Waals surface area contributed by atoms with E-state index in [1.54, 1.807) is 6.07 Å². The molecule has 1 heterocycles. The summed E-state index contributed by atoms with van der Waals surface area (Å²) in [6.07, 6.45) is 0.811. The number of pyridine rings is 1. The van der Waals surface area contributed by atoms with Gasteiger partial charge in [0.1, 0.15) is 6.61 Å². The van der Waals surface area contributed by atoms with Crippen LogP contribution in [0, 0.1) is 0 Å². The van der Waals surface area contributed by atoms with Crippen molar-refractivity contribution < 1.29 is 9.84 Å². The third-order valence-corrected chi connectivity index (χ3v) is 3.01. The molecule has 0 amide bonds. The molecule has 0 saturated heterocycles. The highest BCUT2D eigenvalue weighted by atomic mass is 35.5. The van der Waals surface area contributed by atoms with Crippen molar-refractivity contribution in [1.29, 1.82) is 0 Å². The van der Waals surface area contributed by atoms with Crippen molar-refractivity contribution >= 4 is 11.6 Å². The Morgan fingerprint density at radius 2 is 1.89 bits per heavy atom. The zero-order valence-corrected chi connectivity index (χ0v) is 11.5. The summed E-state index contributed by atoms with van der Waals surface area (Å²) in [4.78, 5) is 4.37. The van der Waals surface area contributed by atoms with Gasteiger partial charge in [0.05, 0.1) is 6.61 Å².